The van der Waals surface area contributed by atoms with Crippen LogP contribution >= 0.6 is 24.2 Å². The maximum absolute atomic E-state index is 11.8. The van der Waals surface area contributed by atoms with E-state index in [1.807, 2.05) is 11.8 Å². The van der Waals surface area contributed by atoms with Crippen molar-refractivity contribution in [2.45, 2.75) is 32.1 Å². The predicted octanol–water partition coefficient (Wildman–Crippen LogP) is 2.04. The molecule has 3 nitrogen and oxygen atoms in total. The summed E-state index contributed by atoms with van der Waals surface area (Å²) >= 11 is 1.83. The third kappa shape index (κ3) is 6.53. The van der Waals surface area contributed by atoms with Gasteiger partial charge in [0.15, 0.2) is 0 Å². The average Bonchev–Trinajstić information content (AvgIpc) is 2.34. The van der Waals surface area contributed by atoms with E-state index in [1.54, 1.807) is 0 Å². The Labute approximate surface area is 115 Å². The SMILES string of the molecule is CSCCCNC(=O)C1CCC(CN)CC1.Cl. The maximum atomic E-state index is 11.8. The molecule has 0 aromatic carbocycles. The van der Waals surface area contributed by atoms with Crippen molar-refractivity contribution in [3.05, 3.63) is 0 Å². The normalized spacial score (nSPS) is 23.9. The largest absolute Gasteiger partial charge is 0.356 e. The van der Waals surface area contributed by atoms with Gasteiger partial charge in [-0.2, -0.15) is 11.8 Å². The first-order valence-corrected chi connectivity index (χ1v) is 7.64. The van der Waals surface area contributed by atoms with Crippen LogP contribution < -0.4 is 11.1 Å². The van der Waals surface area contributed by atoms with E-state index >= 15 is 0 Å². The number of nitrogens with one attached hydrogen (secondary N) is 1. The fourth-order valence-corrected chi connectivity index (χ4v) is 2.67. The zero-order chi connectivity index (χ0) is 11.8. The molecule has 0 radical (unpaired) electrons. The van der Waals surface area contributed by atoms with Gasteiger partial charge in [-0.25, -0.2) is 0 Å². The van der Waals surface area contributed by atoms with Crippen molar-refractivity contribution in [3.8, 4) is 0 Å². The molecule has 1 rings (SSSR count). The molecular formula is C12H25ClN2OS. The molecule has 0 spiro atoms. The summed E-state index contributed by atoms with van der Waals surface area (Å²) in [5, 5.41) is 3.04. The third-order valence-corrected chi connectivity index (χ3v) is 4.07. The smallest absolute Gasteiger partial charge is 0.223 e. The first-order valence-electron chi connectivity index (χ1n) is 6.24. The second-order valence-corrected chi connectivity index (χ2v) is 5.58. The Kier molecular flexibility index (Phi) is 10.1. The Morgan fingerprint density at radius 2 is 2.00 bits per heavy atom. The summed E-state index contributed by atoms with van der Waals surface area (Å²) in [6.07, 6.45) is 7.46. The van der Waals surface area contributed by atoms with Crippen LogP contribution in [0.25, 0.3) is 0 Å². The van der Waals surface area contributed by atoms with Crippen LogP contribution in [0.15, 0.2) is 0 Å². The van der Waals surface area contributed by atoms with Crippen LogP contribution in [0, 0.1) is 11.8 Å². The molecule has 1 saturated carbocycles. The van der Waals surface area contributed by atoms with Gasteiger partial charge in [-0.05, 0) is 56.6 Å². The Hall–Kier alpha value is 0.0700. The lowest BCUT2D eigenvalue weighted by Crippen LogP contribution is -2.34. The summed E-state index contributed by atoms with van der Waals surface area (Å²) in [6.45, 7) is 1.61. The van der Waals surface area contributed by atoms with Gasteiger partial charge in [-0.15, -0.1) is 12.4 Å². The van der Waals surface area contributed by atoms with E-state index in [0.29, 0.717) is 5.92 Å². The second kappa shape index (κ2) is 10.0. The summed E-state index contributed by atoms with van der Waals surface area (Å²) in [5.41, 5.74) is 5.64. The third-order valence-electron chi connectivity index (χ3n) is 3.38. The fourth-order valence-electron chi connectivity index (χ4n) is 2.23. The van der Waals surface area contributed by atoms with Crippen LogP contribution in [0.1, 0.15) is 32.1 Å². The molecule has 102 valence electrons. The van der Waals surface area contributed by atoms with Crippen LogP contribution in [0.4, 0.5) is 0 Å². The number of thioether (sulfide) groups is 1. The molecule has 0 aromatic heterocycles. The van der Waals surface area contributed by atoms with Crippen LogP contribution in [-0.2, 0) is 4.79 Å². The Morgan fingerprint density at radius 3 is 2.53 bits per heavy atom. The standard InChI is InChI=1S/C12H24N2OS.ClH/c1-16-8-2-7-14-12(15)11-5-3-10(9-13)4-6-11;/h10-11H,2-9,13H2,1H3,(H,14,15);1H. The minimum atomic E-state index is 0. The number of nitrogens with two attached hydrogens (primary N) is 1. The van der Waals surface area contributed by atoms with Crippen molar-refractivity contribution in [1.29, 1.82) is 0 Å². The zero-order valence-corrected chi connectivity index (χ0v) is 12.2. The van der Waals surface area contributed by atoms with Gasteiger partial charge < -0.3 is 11.1 Å². The fraction of sp³-hybridized carbons (Fsp3) is 0.917. The molecule has 17 heavy (non-hydrogen) atoms. The van der Waals surface area contributed by atoms with Gasteiger partial charge in [0.1, 0.15) is 0 Å². The number of carbonyl (C=O) groups excluding carboxylic acids is 1. The zero-order valence-electron chi connectivity index (χ0n) is 10.6. The summed E-state index contributed by atoms with van der Waals surface area (Å²) in [7, 11) is 0. The number of hydrogen-bond donors (Lipinski definition) is 2. The second-order valence-electron chi connectivity index (χ2n) is 4.59. The summed E-state index contributed by atoms with van der Waals surface area (Å²) in [5.74, 6) is 2.29. The monoisotopic (exact) mass is 280 g/mol. The molecule has 0 bridgehead atoms. The lowest BCUT2D eigenvalue weighted by molar-refractivity contribution is -0.126. The molecular weight excluding hydrogens is 256 g/mol. The molecule has 3 N–H and O–H groups in total. The first kappa shape index (κ1) is 17.1. The summed E-state index contributed by atoms with van der Waals surface area (Å²) < 4.78 is 0. The van der Waals surface area contributed by atoms with Crippen molar-refractivity contribution < 1.29 is 4.79 Å². The topological polar surface area (TPSA) is 55.1 Å². The van der Waals surface area contributed by atoms with Crippen LogP contribution in [0.5, 0.6) is 0 Å². The lowest BCUT2D eigenvalue weighted by atomic mass is 9.81. The molecule has 1 aliphatic carbocycles. The number of carbonyl (C=O) groups is 1. The highest BCUT2D eigenvalue weighted by atomic mass is 35.5. The number of rotatable bonds is 6. The molecule has 0 heterocycles. The molecule has 1 fully saturated rings. The molecule has 0 saturated heterocycles. The van der Waals surface area contributed by atoms with E-state index in [9.17, 15) is 4.79 Å². The number of halogens is 1. The van der Waals surface area contributed by atoms with Gasteiger partial charge >= 0.3 is 0 Å². The summed E-state index contributed by atoms with van der Waals surface area (Å²) in [4.78, 5) is 11.8. The number of amides is 1. The van der Waals surface area contributed by atoms with Crippen molar-refractivity contribution >= 4 is 30.1 Å². The van der Waals surface area contributed by atoms with Crippen LogP contribution in [-0.4, -0.2) is 31.0 Å². The van der Waals surface area contributed by atoms with E-state index in [0.717, 1.165) is 50.9 Å². The molecule has 0 aliphatic heterocycles. The van der Waals surface area contributed by atoms with Gasteiger partial charge in [0, 0.05) is 12.5 Å². The van der Waals surface area contributed by atoms with Gasteiger partial charge in [-0.1, -0.05) is 0 Å². The summed E-state index contributed by atoms with van der Waals surface area (Å²) in [6, 6.07) is 0. The Morgan fingerprint density at radius 1 is 1.35 bits per heavy atom. The van der Waals surface area contributed by atoms with Gasteiger partial charge in [0.05, 0.1) is 0 Å². The predicted molar refractivity (Wildman–Crippen MR) is 77.8 cm³/mol. The highest BCUT2D eigenvalue weighted by molar-refractivity contribution is 7.98. The van der Waals surface area contributed by atoms with E-state index in [1.165, 1.54) is 0 Å². The van der Waals surface area contributed by atoms with E-state index < -0.39 is 0 Å². The van der Waals surface area contributed by atoms with Crippen molar-refractivity contribution in [1.82, 2.24) is 5.32 Å². The minimum Gasteiger partial charge on any atom is -0.356 e. The minimum absolute atomic E-state index is 0. The van der Waals surface area contributed by atoms with Gasteiger partial charge in [-0.3, -0.25) is 4.79 Å². The van der Waals surface area contributed by atoms with Crippen molar-refractivity contribution in [2.75, 3.05) is 25.1 Å². The van der Waals surface area contributed by atoms with Crippen LogP contribution in [0.2, 0.25) is 0 Å². The van der Waals surface area contributed by atoms with Crippen molar-refractivity contribution in [2.24, 2.45) is 17.6 Å². The Balaban J connectivity index is 0.00000256. The van der Waals surface area contributed by atoms with Crippen molar-refractivity contribution in [3.63, 3.8) is 0 Å². The number of hydrogen-bond acceptors (Lipinski definition) is 3. The van der Waals surface area contributed by atoms with Gasteiger partial charge in [0.25, 0.3) is 0 Å². The van der Waals surface area contributed by atoms with E-state index in [2.05, 4.69) is 11.6 Å². The molecule has 1 amide bonds. The highest BCUT2D eigenvalue weighted by Gasteiger charge is 2.25. The molecule has 0 atom stereocenters. The quantitative estimate of drug-likeness (QED) is 0.732. The molecule has 5 heteroatoms. The lowest BCUT2D eigenvalue weighted by Gasteiger charge is -2.26. The molecule has 0 unspecified atom stereocenters. The highest BCUT2D eigenvalue weighted by Crippen LogP contribution is 2.28. The maximum Gasteiger partial charge on any atom is 0.223 e. The Bertz CT molecular complexity index is 209. The van der Waals surface area contributed by atoms with Gasteiger partial charge in [0.2, 0.25) is 5.91 Å². The average molecular weight is 281 g/mol. The van der Waals surface area contributed by atoms with E-state index in [4.69, 9.17) is 5.73 Å². The molecule has 1 aliphatic rings. The molecule has 0 aromatic rings. The van der Waals surface area contributed by atoms with Crippen LogP contribution in [0.3, 0.4) is 0 Å². The van der Waals surface area contributed by atoms with E-state index in [-0.39, 0.29) is 24.2 Å². The first-order chi connectivity index (χ1) is 7.77.